The van der Waals surface area contributed by atoms with Crippen molar-refractivity contribution < 1.29 is 22.7 Å². The molecule has 0 saturated carbocycles. The summed E-state index contributed by atoms with van der Waals surface area (Å²) in [6.07, 6.45) is -3.96. The van der Waals surface area contributed by atoms with Crippen molar-refractivity contribution >= 4 is 5.97 Å². The molecule has 1 unspecified atom stereocenters. The van der Waals surface area contributed by atoms with Crippen LogP contribution in [0.15, 0.2) is 0 Å². The Morgan fingerprint density at radius 2 is 2.12 bits per heavy atom. The number of alkyl halides is 3. The van der Waals surface area contributed by atoms with Crippen molar-refractivity contribution in [2.24, 2.45) is 0 Å². The topological polar surface area (TPSA) is 41.6 Å². The van der Waals surface area contributed by atoms with Crippen LogP contribution in [0.1, 0.15) is 13.3 Å². The summed E-state index contributed by atoms with van der Waals surface area (Å²) in [5.41, 5.74) is 0. The van der Waals surface area contributed by atoms with E-state index in [0.717, 1.165) is 32.6 Å². The lowest BCUT2D eigenvalue weighted by Gasteiger charge is -2.26. The molecule has 100 valence electrons. The van der Waals surface area contributed by atoms with Gasteiger partial charge in [0, 0.05) is 19.1 Å². The molecule has 1 saturated heterocycles. The standard InChI is InChI=1S/C10H17F3N2O2/c1-8(7-17-9(16)10(11,12)13)15-5-2-3-14-4-6-15/h8,14H,2-7H2,1H3. The summed E-state index contributed by atoms with van der Waals surface area (Å²) in [7, 11) is 0. The second kappa shape index (κ2) is 6.20. The molecule has 1 heterocycles. The van der Waals surface area contributed by atoms with E-state index in [2.05, 4.69) is 10.1 Å². The Balaban J connectivity index is 2.33. The van der Waals surface area contributed by atoms with Crippen LogP contribution < -0.4 is 5.32 Å². The minimum Gasteiger partial charge on any atom is -0.457 e. The SMILES string of the molecule is CC(COC(=O)C(F)(F)F)N1CCCNCC1. The number of ether oxygens (including phenoxy) is 1. The molecule has 0 aromatic rings. The van der Waals surface area contributed by atoms with Crippen molar-refractivity contribution in [3.05, 3.63) is 0 Å². The number of hydrogen-bond donors (Lipinski definition) is 1. The largest absolute Gasteiger partial charge is 0.490 e. The summed E-state index contributed by atoms with van der Waals surface area (Å²) in [4.78, 5) is 12.6. The minimum atomic E-state index is -4.90. The second-order valence-corrected chi connectivity index (χ2v) is 4.08. The van der Waals surface area contributed by atoms with Gasteiger partial charge in [-0.05, 0) is 26.4 Å². The van der Waals surface area contributed by atoms with Crippen LogP contribution in [-0.4, -0.2) is 55.9 Å². The lowest BCUT2D eigenvalue weighted by Crippen LogP contribution is -2.40. The van der Waals surface area contributed by atoms with Gasteiger partial charge < -0.3 is 10.1 Å². The van der Waals surface area contributed by atoms with Crippen LogP contribution in [-0.2, 0) is 9.53 Å². The van der Waals surface area contributed by atoms with E-state index in [1.807, 2.05) is 4.90 Å². The predicted octanol–water partition coefficient (Wildman–Crippen LogP) is 0.776. The fourth-order valence-corrected chi connectivity index (χ4v) is 1.69. The second-order valence-electron chi connectivity index (χ2n) is 4.08. The first-order chi connectivity index (χ1) is 7.91. The molecule has 0 amide bonds. The van der Waals surface area contributed by atoms with Crippen molar-refractivity contribution in [2.75, 3.05) is 32.8 Å². The highest BCUT2D eigenvalue weighted by atomic mass is 19.4. The van der Waals surface area contributed by atoms with Gasteiger partial charge in [-0.15, -0.1) is 0 Å². The van der Waals surface area contributed by atoms with Gasteiger partial charge in [-0.1, -0.05) is 0 Å². The van der Waals surface area contributed by atoms with E-state index in [1.54, 1.807) is 6.92 Å². The van der Waals surface area contributed by atoms with Crippen LogP contribution in [0.25, 0.3) is 0 Å². The molecule has 0 bridgehead atoms. The highest BCUT2D eigenvalue weighted by Crippen LogP contribution is 2.17. The third-order valence-corrected chi connectivity index (χ3v) is 2.69. The van der Waals surface area contributed by atoms with Crippen molar-refractivity contribution in [2.45, 2.75) is 25.6 Å². The first-order valence-electron chi connectivity index (χ1n) is 5.60. The summed E-state index contributed by atoms with van der Waals surface area (Å²) >= 11 is 0. The van der Waals surface area contributed by atoms with Gasteiger partial charge in [-0.25, -0.2) is 4.79 Å². The number of carbonyl (C=O) groups excluding carboxylic acids is 1. The zero-order chi connectivity index (χ0) is 12.9. The van der Waals surface area contributed by atoms with E-state index >= 15 is 0 Å². The van der Waals surface area contributed by atoms with Crippen LogP contribution in [0.2, 0.25) is 0 Å². The van der Waals surface area contributed by atoms with E-state index in [9.17, 15) is 18.0 Å². The highest BCUT2D eigenvalue weighted by molar-refractivity contribution is 5.75. The van der Waals surface area contributed by atoms with Gasteiger partial charge in [0.2, 0.25) is 0 Å². The number of rotatable bonds is 3. The van der Waals surface area contributed by atoms with Gasteiger partial charge in [0.1, 0.15) is 6.61 Å². The third-order valence-electron chi connectivity index (χ3n) is 2.69. The van der Waals surface area contributed by atoms with Gasteiger partial charge in [0.05, 0.1) is 0 Å². The average Bonchev–Trinajstić information content (AvgIpc) is 2.52. The van der Waals surface area contributed by atoms with E-state index in [0.29, 0.717) is 0 Å². The lowest BCUT2D eigenvalue weighted by molar-refractivity contribution is -0.201. The molecule has 0 radical (unpaired) electrons. The predicted molar refractivity (Wildman–Crippen MR) is 55.5 cm³/mol. The highest BCUT2D eigenvalue weighted by Gasteiger charge is 2.41. The molecular weight excluding hydrogens is 237 g/mol. The quantitative estimate of drug-likeness (QED) is 0.756. The Labute approximate surface area is 98.1 Å². The first-order valence-corrected chi connectivity index (χ1v) is 5.60. The molecule has 0 aromatic heterocycles. The van der Waals surface area contributed by atoms with Gasteiger partial charge in [-0.3, -0.25) is 4.90 Å². The van der Waals surface area contributed by atoms with Crippen LogP contribution in [0.4, 0.5) is 13.2 Å². The van der Waals surface area contributed by atoms with E-state index in [-0.39, 0.29) is 12.6 Å². The summed E-state index contributed by atoms with van der Waals surface area (Å²) in [6, 6.07) is -0.193. The number of nitrogens with zero attached hydrogens (tertiary/aromatic N) is 1. The Morgan fingerprint density at radius 3 is 2.76 bits per heavy atom. The van der Waals surface area contributed by atoms with Gasteiger partial charge in [-0.2, -0.15) is 13.2 Å². The van der Waals surface area contributed by atoms with Crippen molar-refractivity contribution in [3.63, 3.8) is 0 Å². The normalized spacial score (nSPS) is 20.7. The van der Waals surface area contributed by atoms with Crippen LogP contribution in [0.5, 0.6) is 0 Å². The Hall–Kier alpha value is -0.820. The molecule has 1 N–H and O–H groups in total. The smallest absolute Gasteiger partial charge is 0.457 e. The van der Waals surface area contributed by atoms with Gasteiger partial charge >= 0.3 is 12.1 Å². The number of halogens is 3. The third kappa shape index (κ3) is 4.91. The monoisotopic (exact) mass is 254 g/mol. The molecule has 0 spiro atoms. The average molecular weight is 254 g/mol. The molecule has 7 heteroatoms. The maximum Gasteiger partial charge on any atom is 0.490 e. The summed E-state index contributed by atoms with van der Waals surface area (Å²) in [6.45, 7) is 4.80. The van der Waals surface area contributed by atoms with E-state index < -0.39 is 12.1 Å². The minimum absolute atomic E-state index is 0.193. The Kier molecular flexibility index (Phi) is 5.20. The van der Waals surface area contributed by atoms with Crippen molar-refractivity contribution in [1.82, 2.24) is 10.2 Å². The summed E-state index contributed by atoms with van der Waals surface area (Å²) < 4.78 is 40.0. The fourth-order valence-electron chi connectivity index (χ4n) is 1.69. The first kappa shape index (κ1) is 14.2. The Morgan fingerprint density at radius 1 is 1.41 bits per heavy atom. The fraction of sp³-hybridized carbons (Fsp3) is 0.900. The Bertz CT molecular complexity index is 250. The van der Waals surface area contributed by atoms with Crippen molar-refractivity contribution in [1.29, 1.82) is 0 Å². The molecule has 4 nitrogen and oxygen atoms in total. The zero-order valence-corrected chi connectivity index (χ0v) is 9.72. The van der Waals surface area contributed by atoms with E-state index in [1.165, 1.54) is 0 Å². The van der Waals surface area contributed by atoms with Crippen LogP contribution in [0, 0.1) is 0 Å². The number of hydrogen-bond acceptors (Lipinski definition) is 4. The number of nitrogens with one attached hydrogen (secondary N) is 1. The summed E-state index contributed by atoms with van der Waals surface area (Å²) in [5.74, 6) is -2.11. The van der Waals surface area contributed by atoms with Crippen molar-refractivity contribution in [3.8, 4) is 0 Å². The molecule has 1 aliphatic rings. The molecule has 17 heavy (non-hydrogen) atoms. The molecule has 0 aromatic carbocycles. The molecule has 1 fully saturated rings. The molecule has 1 atom stereocenters. The van der Waals surface area contributed by atoms with E-state index in [4.69, 9.17) is 0 Å². The van der Waals surface area contributed by atoms with Gasteiger partial charge in [0.15, 0.2) is 0 Å². The number of carbonyl (C=O) groups is 1. The van der Waals surface area contributed by atoms with Gasteiger partial charge in [0.25, 0.3) is 0 Å². The zero-order valence-electron chi connectivity index (χ0n) is 9.72. The maximum absolute atomic E-state index is 11.9. The van der Waals surface area contributed by atoms with Crippen LogP contribution >= 0.6 is 0 Å². The summed E-state index contributed by atoms with van der Waals surface area (Å²) in [5, 5.41) is 3.19. The lowest BCUT2D eigenvalue weighted by atomic mass is 10.3. The maximum atomic E-state index is 11.9. The van der Waals surface area contributed by atoms with Crippen LogP contribution in [0.3, 0.4) is 0 Å². The molecule has 0 aliphatic carbocycles. The molecule has 1 aliphatic heterocycles. The molecular formula is C10H17F3N2O2. The molecule has 1 rings (SSSR count). The number of esters is 1.